The van der Waals surface area contributed by atoms with Crippen LogP contribution in [0.4, 0.5) is 5.69 Å². The molecule has 0 aliphatic carbocycles. The summed E-state index contributed by atoms with van der Waals surface area (Å²) in [5.74, 6) is 0.436. The van der Waals surface area contributed by atoms with Crippen molar-refractivity contribution in [3.8, 4) is 11.5 Å². The minimum Gasteiger partial charge on any atom is -0.497 e. The molecule has 0 aliphatic rings. The fourth-order valence-corrected chi connectivity index (χ4v) is 2.65. The smallest absolute Gasteiger partial charge is 0.335 e. The summed E-state index contributed by atoms with van der Waals surface area (Å²) >= 11 is 6.11. The summed E-state index contributed by atoms with van der Waals surface area (Å²) in [4.78, 5) is 15.4. The monoisotopic (exact) mass is 395 g/mol. The number of ether oxygens (including phenoxy) is 2. The van der Waals surface area contributed by atoms with Gasteiger partial charge < -0.3 is 14.6 Å². The molecular formula is C22H18ClNO4. The van der Waals surface area contributed by atoms with Gasteiger partial charge in [-0.25, -0.2) is 4.79 Å². The molecule has 0 atom stereocenters. The van der Waals surface area contributed by atoms with Crippen LogP contribution in [0.5, 0.6) is 11.5 Å². The van der Waals surface area contributed by atoms with E-state index in [4.69, 9.17) is 26.2 Å². The van der Waals surface area contributed by atoms with Gasteiger partial charge in [0.2, 0.25) is 0 Å². The highest BCUT2D eigenvalue weighted by Gasteiger charge is 2.06. The molecular weight excluding hydrogens is 378 g/mol. The Morgan fingerprint density at radius 1 is 1.07 bits per heavy atom. The van der Waals surface area contributed by atoms with Crippen molar-refractivity contribution in [2.24, 2.45) is 4.99 Å². The van der Waals surface area contributed by atoms with Gasteiger partial charge in [-0.05, 0) is 60.2 Å². The van der Waals surface area contributed by atoms with E-state index in [0.29, 0.717) is 17.4 Å². The minimum atomic E-state index is -0.956. The molecule has 142 valence electrons. The van der Waals surface area contributed by atoms with E-state index in [-0.39, 0.29) is 5.56 Å². The first-order valence-corrected chi connectivity index (χ1v) is 8.85. The Morgan fingerprint density at radius 2 is 1.79 bits per heavy atom. The van der Waals surface area contributed by atoms with Gasteiger partial charge in [0.15, 0.2) is 0 Å². The average molecular weight is 396 g/mol. The molecule has 0 fully saturated rings. The number of aliphatic imine (C=N–C) groups is 1. The van der Waals surface area contributed by atoms with Crippen LogP contribution in [0.25, 0.3) is 0 Å². The molecule has 0 unspecified atom stereocenters. The van der Waals surface area contributed by atoms with E-state index in [9.17, 15) is 4.79 Å². The van der Waals surface area contributed by atoms with Crippen molar-refractivity contribution in [1.29, 1.82) is 0 Å². The number of halogens is 1. The molecule has 0 aromatic heterocycles. The summed E-state index contributed by atoms with van der Waals surface area (Å²) in [6.07, 6.45) is 1.69. The van der Waals surface area contributed by atoms with Gasteiger partial charge in [0.05, 0.1) is 18.4 Å². The maximum absolute atomic E-state index is 10.9. The zero-order valence-corrected chi connectivity index (χ0v) is 15.9. The summed E-state index contributed by atoms with van der Waals surface area (Å²) < 4.78 is 11.0. The predicted molar refractivity (Wildman–Crippen MR) is 109 cm³/mol. The molecule has 3 rings (SSSR count). The molecule has 3 aromatic carbocycles. The van der Waals surface area contributed by atoms with Crippen molar-refractivity contribution < 1.29 is 19.4 Å². The number of hydrogen-bond acceptors (Lipinski definition) is 4. The fraction of sp³-hybridized carbons (Fsp3) is 0.0909. The lowest BCUT2D eigenvalue weighted by Gasteiger charge is -2.10. The number of aromatic carboxylic acids is 1. The van der Waals surface area contributed by atoms with Crippen LogP contribution in [0.3, 0.4) is 0 Å². The zero-order chi connectivity index (χ0) is 19.9. The van der Waals surface area contributed by atoms with Gasteiger partial charge in [-0.3, -0.25) is 4.99 Å². The first-order valence-electron chi connectivity index (χ1n) is 8.48. The predicted octanol–water partition coefficient (Wildman–Crippen LogP) is 5.38. The lowest BCUT2D eigenvalue weighted by Crippen LogP contribution is -2.00. The highest BCUT2D eigenvalue weighted by Crippen LogP contribution is 2.24. The number of carboxylic acids is 1. The summed E-state index contributed by atoms with van der Waals surface area (Å²) in [6, 6.07) is 19.2. The molecule has 3 aromatic rings. The van der Waals surface area contributed by atoms with E-state index >= 15 is 0 Å². The first-order chi connectivity index (χ1) is 13.5. The Bertz CT molecular complexity index is 982. The van der Waals surface area contributed by atoms with Crippen molar-refractivity contribution in [2.75, 3.05) is 7.11 Å². The Labute approximate surface area is 167 Å². The fourth-order valence-electron chi connectivity index (χ4n) is 2.47. The molecule has 0 saturated heterocycles. The summed E-state index contributed by atoms with van der Waals surface area (Å²) in [6.45, 7) is 0.297. The third-order valence-electron chi connectivity index (χ3n) is 3.99. The number of carboxylic acid groups (broad SMARTS) is 1. The van der Waals surface area contributed by atoms with Crippen LogP contribution < -0.4 is 9.47 Å². The highest BCUT2D eigenvalue weighted by molar-refractivity contribution is 6.30. The Hall–Kier alpha value is -3.31. The van der Waals surface area contributed by atoms with E-state index in [0.717, 1.165) is 22.6 Å². The second-order valence-corrected chi connectivity index (χ2v) is 6.37. The number of methoxy groups -OCH3 is 1. The molecule has 0 aliphatic heterocycles. The average Bonchev–Trinajstić information content (AvgIpc) is 2.72. The maximum atomic E-state index is 10.9. The number of rotatable bonds is 7. The van der Waals surface area contributed by atoms with Crippen molar-refractivity contribution >= 4 is 29.5 Å². The third-order valence-corrected chi connectivity index (χ3v) is 4.23. The van der Waals surface area contributed by atoms with Gasteiger partial charge in [-0.2, -0.15) is 0 Å². The molecule has 0 saturated carbocycles. The maximum Gasteiger partial charge on any atom is 0.335 e. The van der Waals surface area contributed by atoms with Crippen molar-refractivity contribution in [2.45, 2.75) is 6.61 Å². The molecule has 1 N–H and O–H groups in total. The summed E-state index contributed by atoms with van der Waals surface area (Å²) in [7, 11) is 1.61. The van der Waals surface area contributed by atoms with E-state index in [2.05, 4.69) is 4.99 Å². The Morgan fingerprint density at radius 3 is 2.43 bits per heavy atom. The Kier molecular flexibility index (Phi) is 6.29. The summed E-state index contributed by atoms with van der Waals surface area (Å²) in [5, 5.41) is 9.54. The van der Waals surface area contributed by atoms with Gasteiger partial charge in [0, 0.05) is 16.8 Å². The van der Waals surface area contributed by atoms with E-state index in [1.807, 2.05) is 24.3 Å². The van der Waals surface area contributed by atoms with E-state index < -0.39 is 5.97 Å². The highest BCUT2D eigenvalue weighted by atomic mass is 35.5. The molecule has 0 heterocycles. The standard InChI is InChI=1S/C22H18ClNO4/c1-27-20-9-7-19(8-10-20)24-13-17-12-18(23)6-11-21(17)28-14-15-2-4-16(5-3-15)22(25)26/h2-13H,14H2,1H3,(H,25,26). The van der Waals surface area contributed by atoms with Crippen LogP contribution in [0.15, 0.2) is 71.7 Å². The first kappa shape index (κ1) is 19.5. The van der Waals surface area contributed by atoms with Crippen LogP contribution in [0.1, 0.15) is 21.5 Å². The topological polar surface area (TPSA) is 68.1 Å². The van der Waals surface area contributed by atoms with E-state index in [1.165, 1.54) is 0 Å². The SMILES string of the molecule is COc1ccc(N=Cc2cc(Cl)ccc2OCc2ccc(C(=O)O)cc2)cc1. The molecule has 5 nitrogen and oxygen atoms in total. The molecule has 28 heavy (non-hydrogen) atoms. The Balaban J connectivity index is 1.74. The van der Waals surface area contributed by atoms with Gasteiger partial charge >= 0.3 is 5.97 Å². The number of carbonyl (C=O) groups is 1. The minimum absolute atomic E-state index is 0.238. The van der Waals surface area contributed by atoms with Crippen LogP contribution >= 0.6 is 11.6 Å². The second kappa shape index (κ2) is 9.06. The third kappa shape index (κ3) is 5.11. The number of benzene rings is 3. The second-order valence-electron chi connectivity index (χ2n) is 5.93. The molecule has 0 spiro atoms. The quantitative estimate of drug-likeness (QED) is 0.545. The summed E-state index contributed by atoms with van der Waals surface area (Å²) in [5.41, 5.74) is 2.61. The molecule has 0 amide bonds. The van der Waals surface area contributed by atoms with Crippen molar-refractivity contribution in [1.82, 2.24) is 0 Å². The number of nitrogens with zero attached hydrogens (tertiary/aromatic N) is 1. The molecule has 0 bridgehead atoms. The van der Waals surface area contributed by atoms with Gasteiger partial charge in [-0.15, -0.1) is 0 Å². The van der Waals surface area contributed by atoms with Gasteiger partial charge in [0.1, 0.15) is 18.1 Å². The van der Waals surface area contributed by atoms with Crippen LogP contribution in [0.2, 0.25) is 5.02 Å². The van der Waals surface area contributed by atoms with Gasteiger partial charge in [0.25, 0.3) is 0 Å². The van der Waals surface area contributed by atoms with Crippen LogP contribution in [-0.2, 0) is 6.61 Å². The lowest BCUT2D eigenvalue weighted by atomic mass is 10.1. The van der Waals surface area contributed by atoms with E-state index in [1.54, 1.807) is 55.8 Å². The largest absolute Gasteiger partial charge is 0.497 e. The van der Waals surface area contributed by atoms with Gasteiger partial charge in [-0.1, -0.05) is 23.7 Å². The molecule has 6 heteroatoms. The zero-order valence-electron chi connectivity index (χ0n) is 15.1. The van der Waals surface area contributed by atoms with Crippen molar-refractivity contribution in [3.63, 3.8) is 0 Å². The number of hydrogen-bond donors (Lipinski definition) is 1. The van der Waals surface area contributed by atoms with Crippen molar-refractivity contribution in [3.05, 3.63) is 88.4 Å². The normalized spacial score (nSPS) is 10.8. The van der Waals surface area contributed by atoms with Crippen LogP contribution in [0, 0.1) is 0 Å². The lowest BCUT2D eigenvalue weighted by molar-refractivity contribution is 0.0697. The molecule has 0 radical (unpaired) electrons. The van der Waals surface area contributed by atoms with Crippen LogP contribution in [-0.4, -0.2) is 24.4 Å².